The van der Waals surface area contributed by atoms with Crippen LogP contribution in [0.5, 0.6) is 0 Å². The van der Waals surface area contributed by atoms with Gasteiger partial charge < -0.3 is 5.32 Å². The smallest absolute Gasteiger partial charge is 0.0342 e. The second-order valence-corrected chi connectivity index (χ2v) is 5.88. The largest absolute Gasteiger partial charge is 0.383 e. The van der Waals surface area contributed by atoms with Crippen molar-refractivity contribution >= 4 is 5.69 Å². The van der Waals surface area contributed by atoms with Crippen molar-refractivity contribution in [2.75, 3.05) is 5.32 Å². The van der Waals surface area contributed by atoms with E-state index < -0.39 is 0 Å². The molecule has 0 saturated heterocycles. The maximum atomic E-state index is 3.62. The van der Waals surface area contributed by atoms with Crippen LogP contribution in [0.25, 0.3) is 0 Å². The van der Waals surface area contributed by atoms with Crippen LogP contribution < -0.4 is 5.32 Å². The number of aryl methyl sites for hydroxylation is 1. The van der Waals surface area contributed by atoms with Gasteiger partial charge in [0.2, 0.25) is 0 Å². The Hall–Kier alpha value is -0.980. The molecule has 100 valence electrons. The number of unbranched alkanes of at least 4 members (excludes halogenated alkanes) is 1. The lowest BCUT2D eigenvalue weighted by molar-refractivity contribution is 0.286. The summed E-state index contributed by atoms with van der Waals surface area (Å²) >= 11 is 0. The normalized spacial score (nSPS) is 17.2. The van der Waals surface area contributed by atoms with Gasteiger partial charge in [-0.15, -0.1) is 0 Å². The van der Waals surface area contributed by atoms with Gasteiger partial charge in [-0.3, -0.25) is 0 Å². The van der Waals surface area contributed by atoms with Crippen molar-refractivity contribution in [1.82, 2.24) is 0 Å². The number of hydrogen-bond acceptors (Lipinski definition) is 1. The van der Waals surface area contributed by atoms with Gasteiger partial charge in [0.15, 0.2) is 0 Å². The Bertz CT molecular complexity index is 337. The van der Waals surface area contributed by atoms with Gasteiger partial charge in [0.05, 0.1) is 0 Å². The van der Waals surface area contributed by atoms with E-state index in [0.29, 0.717) is 6.04 Å². The molecule has 1 unspecified atom stereocenters. The van der Waals surface area contributed by atoms with E-state index >= 15 is 0 Å². The van der Waals surface area contributed by atoms with E-state index in [1.807, 2.05) is 0 Å². The van der Waals surface area contributed by atoms with Crippen LogP contribution in [-0.2, 0) is 6.42 Å². The van der Waals surface area contributed by atoms with E-state index in [-0.39, 0.29) is 0 Å². The Morgan fingerprint density at radius 1 is 1.22 bits per heavy atom. The summed E-state index contributed by atoms with van der Waals surface area (Å²) in [6, 6.07) is 9.63. The van der Waals surface area contributed by atoms with Crippen LogP contribution >= 0.6 is 0 Å². The lowest BCUT2D eigenvalue weighted by atomic mass is 9.81. The van der Waals surface area contributed by atoms with E-state index in [0.717, 1.165) is 5.92 Å². The standard InChI is InChI=1S/C17H27N/c1-3-4-6-15-9-11-17(12-10-15)18-14(2)13-16-7-5-8-16/h9-12,14,16,18H,3-8,13H2,1-2H3. The topological polar surface area (TPSA) is 12.0 Å². The van der Waals surface area contributed by atoms with Gasteiger partial charge in [-0.25, -0.2) is 0 Å². The Morgan fingerprint density at radius 2 is 1.94 bits per heavy atom. The van der Waals surface area contributed by atoms with Crippen LogP contribution in [0, 0.1) is 5.92 Å². The number of nitrogens with one attached hydrogen (secondary N) is 1. The molecule has 1 aromatic rings. The second kappa shape index (κ2) is 6.82. The van der Waals surface area contributed by atoms with Crippen molar-refractivity contribution < 1.29 is 0 Å². The highest BCUT2D eigenvalue weighted by Gasteiger charge is 2.19. The highest BCUT2D eigenvalue weighted by atomic mass is 14.9. The third-order valence-corrected chi connectivity index (χ3v) is 4.10. The van der Waals surface area contributed by atoms with Crippen LogP contribution in [0.3, 0.4) is 0 Å². The molecule has 1 aliphatic carbocycles. The van der Waals surface area contributed by atoms with Crippen LogP contribution in [0.2, 0.25) is 0 Å². The molecule has 0 aliphatic heterocycles. The molecule has 0 spiro atoms. The summed E-state index contributed by atoms with van der Waals surface area (Å²) in [7, 11) is 0. The molecule has 1 heteroatoms. The molecule has 0 amide bonds. The fourth-order valence-electron chi connectivity index (χ4n) is 2.72. The summed E-state index contributed by atoms with van der Waals surface area (Å²) < 4.78 is 0. The lowest BCUT2D eigenvalue weighted by Crippen LogP contribution is -2.23. The van der Waals surface area contributed by atoms with E-state index in [2.05, 4.69) is 43.4 Å². The van der Waals surface area contributed by atoms with Gasteiger partial charge in [0.1, 0.15) is 0 Å². The van der Waals surface area contributed by atoms with E-state index in [9.17, 15) is 0 Å². The molecular formula is C17H27N. The Kier molecular flexibility index (Phi) is 5.10. The number of anilines is 1. The zero-order valence-corrected chi connectivity index (χ0v) is 11.9. The van der Waals surface area contributed by atoms with Crippen molar-refractivity contribution in [3.05, 3.63) is 29.8 Å². The molecule has 0 bridgehead atoms. The van der Waals surface area contributed by atoms with Gasteiger partial charge in [0.25, 0.3) is 0 Å². The van der Waals surface area contributed by atoms with Gasteiger partial charge >= 0.3 is 0 Å². The summed E-state index contributed by atoms with van der Waals surface area (Å²) in [6.07, 6.45) is 9.46. The summed E-state index contributed by atoms with van der Waals surface area (Å²) in [5.74, 6) is 0.983. The minimum atomic E-state index is 0.608. The molecule has 0 radical (unpaired) electrons. The molecule has 18 heavy (non-hydrogen) atoms. The molecule has 1 fully saturated rings. The summed E-state index contributed by atoms with van der Waals surface area (Å²) in [5, 5.41) is 3.62. The monoisotopic (exact) mass is 245 g/mol. The minimum Gasteiger partial charge on any atom is -0.383 e. The highest BCUT2D eigenvalue weighted by Crippen LogP contribution is 2.31. The average molecular weight is 245 g/mol. The van der Waals surface area contributed by atoms with Crippen molar-refractivity contribution in [3.63, 3.8) is 0 Å². The van der Waals surface area contributed by atoms with Gasteiger partial charge in [-0.2, -0.15) is 0 Å². The number of benzene rings is 1. The molecule has 1 nitrogen and oxygen atoms in total. The maximum Gasteiger partial charge on any atom is 0.0342 e. The SMILES string of the molecule is CCCCc1ccc(NC(C)CC2CCC2)cc1. The minimum absolute atomic E-state index is 0.608. The van der Waals surface area contributed by atoms with Crippen molar-refractivity contribution in [1.29, 1.82) is 0 Å². The third-order valence-electron chi connectivity index (χ3n) is 4.10. The highest BCUT2D eigenvalue weighted by molar-refractivity contribution is 5.45. The molecule has 0 heterocycles. The van der Waals surface area contributed by atoms with Crippen LogP contribution in [0.4, 0.5) is 5.69 Å². The Labute approximate surface area is 112 Å². The molecule has 1 saturated carbocycles. The van der Waals surface area contributed by atoms with Gasteiger partial charge in [-0.05, 0) is 49.8 Å². The third kappa shape index (κ3) is 4.04. The Morgan fingerprint density at radius 3 is 2.50 bits per heavy atom. The summed E-state index contributed by atoms with van der Waals surface area (Å²) in [4.78, 5) is 0. The second-order valence-electron chi connectivity index (χ2n) is 5.88. The summed E-state index contributed by atoms with van der Waals surface area (Å²) in [5.41, 5.74) is 2.75. The quantitative estimate of drug-likeness (QED) is 0.711. The first kappa shape index (κ1) is 13.5. The molecule has 0 aromatic heterocycles. The fourth-order valence-corrected chi connectivity index (χ4v) is 2.72. The van der Waals surface area contributed by atoms with Crippen molar-refractivity contribution in [2.45, 2.75) is 64.8 Å². The van der Waals surface area contributed by atoms with E-state index in [1.54, 1.807) is 0 Å². The molecular weight excluding hydrogens is 218 g/mol. The first-order valence-electron chi connectivity index (χ1n) is 7.63. The first-order valence-corrected chi connectivity index (χ1v) is 7.63. The zero-order chi connectivity index (χ0) is 12.8. The van der Waals surface area contributed by atoms with Crippen LogP contribution in [0.15, 0.2) is 24.3 Å². The van der Waals surface area contributed by atoms with Crippen molar-refractivity contribution in [2.24, 2.45) is 5.92 Å². The van der Waals surface area contributed by atoms with E-state index in [1.165, 1.54) is 56.2 Å². The predicted molar refractivity (Wildman–Crippen MR) is 80.1 cm³/mol. The maximum absolute atomic E-state index is 3.62. The van der Waals surface area contributed by atoms with E-state index in [4.69, 9.17) is 0 Å². The molecule has 1 aliphatic rings. The number of hydrogen-bond donors (Lipinski definition) is 1. The zero-order valence-electron chi connectivity index (χ0n) is 11.9. The molecule has 1 aromatic carbocycles. The van der Waals surface area contributed by atoms with Gasteiger partial charge in [-0.1, -0.05) is 44.7 Å². The van der Waals surface area contributed by atoms with Crippen LogP contribution in [0.1, 0.15) is 57.9 Å². The molecule has 1 atom stereocenters. The fraction of sp³-hybridized carbons (Fsp3) is 0.647. The number of rotatable bonds is 7. The average Bonchev–Trinajstić information content (AvgIpc) is 2.33. The molecule has 1 N–H and O–H groups in total. The summed E-state index contributed by atoms with van der Waals surface area (Å²) in [6.45, 7) is 4.56. The van der Waals surface area contributed by atoms with Gasteiger partial charge in [0, 0.05) is 11.7 Å². The van der Waals surface area contributed by atoms with Crippen LogP contribution in [-0.4, -0.2) is 6.04 Å². The molecule has 2 rings (SSSR count). The lowest BCUT2D eigenvalue weighted by Gasteiger charge is -2.28. The Balaban J connectivity index is 1.77. The van der Waals surface area contributed by atoms with Crippen molar-refractivity contribution in [3.8, 4) is 0 Å². The first-order chi connectivity index (χ1) is 8.78. The predicted octanol–water partition coefficient (Wildman–Crippen LogP) is 5.02.